The molecule has 0 fully saturated rings. The van der Waals surface area contributed by atoms with Gasteiger partial charge in [0.2, 0.25) is 5.91 Å². The smallest absolute Gasteiger partial charge is 0.241 e. The number of carbonyl (C=O) groups is 1. The highest BCUT2D eigenvalue weighted by molar-refractivity contribution is 5.94. The highest BCUT2D eigenvalue weighted by Gasteiger charge is 2.16. The van der Waals surface area contributed by atoms with Gasteiger partial charge in [-0.3, -0.25) is 10.1 Å². The molecule has 2 atom stereocenters. The van der Waals surface area contributed by atoms with E-state index in [9.17, 15) is 9.18 Å². The lowest BCUT2D eigenvalue weighted by molar-refractivity contribution is -0.117. The van der Waals surface area contributed by atoms with Gasteiger partial charge in [0.05, 0.1) is 6.04 Å². The molecule has 0 saturated carbocycles. The van der Waals surface area contributed by atoms with E-state index >= 15 is 0 Å². The Hall–Kier alpha value is -2.20. The van der Waals surface area contributed by atoms with Gasteiger partial charge in [0.15, 0.2) is 0 Å². The monoisotopic (exact) mass is 300 g/mol. The number of aryl methyl sites for hydroxylation is 1. The Morgan fingerprint density at radius 1 is 1.00 bits per heavy atom. The predicted octanol–water partition coefficient (Wildman–Crippen LogP) is 3.81. The Morgan fingerprint density at radius 2 is 1.59 bits per heavy atom. The van der Waals surface area contributed by atoms with Gasteiger partial charge in [-0.05, 0) is 50.6 Å². The fourth-order valence-corrected chi connectivity index (χ4v) is 2.19. The third-order valence-electron chi connectivity index (χ3n) is 3.58. The number of nitrogens with one attached hydrogen (secondary N) is 2. The van der Waals surface area contributed by atoms with Crippen molar-refractivity contribution < 1.29 is 9.18 Å². The van der Waals surface area contributed by atoms with Crippen molar-refractivity contribution in [2.24, 2.45) is 0 Å². The molecule has 0 heterocycles. The number of anilines is 1. The molecule has 0 aliphatic carbocycles. The normalized spacial score (nSPS) is 13.5. The number of rotatable bonds is 5. The molecule has 0 aromatic heterocycles. The van der Waals surface area contributed by atoms with E-state index in [4.69, 9.17) is 0 Å². The zero-order valence-corrected chi connectivity index (χ0v) is 13.1. The number of hydrogen-bond donors (Lipinski definition) is 2. The number of amides is 1. The van der Waals surface area contributed by atoms with E-state index in [-0.39, 0.29) is 23.8 Å². The van der Waals surface area contributed by atoms with Crippen LogP contribution in [0.3, 0.4) is 0 Å². The number of halogens is 1. The zero-order valence-electron chi connectivity index (χ0n) is 13.1. The largest absolute Gasteiger partial charge is 0.325 e. The first-order valence-corrected chi connectivity index (χ1v) is 7.35. The van der Waals surface area contributed by atoms with Crippen LogP contribution in [0.5, 0.6) is 0 Å². The van der Waals surface area contributed by atoms with Crippen LogP contribution in [0, 0.1) is 12.7 Å². The summed E-state index contributed by atoms with van der Waals surface area (Å²) in [5, 5.41) is 6.09. The van der Waals surface area contributed by atoms with Crippen LogP contribution < -0.4 is 10.6 Å². The Balaban J connectivity index is 1.93. The quantitative estimate of drug-likeness (QED) is 0.881. The maximum atomic E-state index is 12.9. The second-order valence-corrected chi connectivity index (χ2v) is 5.52. The maximum Gasteiger partial charge on any atom is 0.241 e. The molecule has 0 aliphatic rings. The lowest BCUT2D eigenvalue weighted by Gasteiger charge is -2.20. The summed E-state index contributed by atoms with van der Waals surface area (Å²) in [4.78, 5) is 12.2. The van der Waals surface area contributed by atoms with Crippen molar-refractivity contribution in [2.75, 3.05) is 5.32 Å². The standard InChI is InChI=1S/C18H21FN2O/c1-12-4-10-17(11-5-12)21-18(22)14(3)20-13(2)15-6-8-16(19)9-7-15/h4-11,13-14,20H,1-3H3,(H,21,22)/t13-,14+/m1/s1. The first-order chi connectivity index (χ1) is 10.5. The van der Waals surface area contributed by atoms with Gasteiger partial charge in [-0.25, -0.2) is 4.39 Å². The van der Waals surface area contributed by atoms with E-state index in [1.54, 1.807) is 12.1 Å². The van der Waals surface area contributed by atoms with Crippen molar-refractivity contribution in [3.63, 3.8) is 0 Å². The van der Waals surface area contributed by atoms with Gasteiger partial charge >= 0.3 is 0 Å². The van der Waals surface area contributed by atoms with E-state index in [0.29, 0.717) is 0 Å². The summed E-state index contributed by atoms with van der Waals surface area (Å²) < 4.78 is 12.9. The van der Waals surface area contributed by atoms with Gasteiger partial charge in [-0.1, -0.05) is 29.8 Å². The number of carbonyl (C=O) groups excluding carboxylic acids is 1. The Bertz CT molecular complexity index is 623. The lowest BCUT2D eigenvalue weighted by atomic mass is 10.1. The van der Waals surface area contributed by atoms with Crippen LogP contribution in [0.25, 0.3) is 0 Å². The van der Waals surface area contributed by atoms with Gasteiger partial charge < -0.3 is 5.32 Å². The molecule has 0 saturated heterocycles. The molecule has 0 bridgehead atoms. The van der Waals surface area contributed by atoms with Crippen molar-refractivity contribution >= 4 is 11.6 Å². The van der Waals surface area contributed by atoms with Gasteiger partial charge in [-0.15, -0.1) is 0 Å². The topological polar surface area (TPSA) is 41.1 Å². The van der Waals surface area contributed by atoms with Crippen LogP contribution in [0.4, 0.5) is 10.1 Å². The molecular formula is C18H21FN2O. The summed E-state index contributed by atoms with van der Waals surface area (Å²) in [5.41, 5.74) is 2.86. The van der Waals surface area contributed by atoms with Crippen LogP contribution in [0.2, 0.25) is 0 Å². The summed E-state index contributed by atoms with van der Waals surface area (Å²) in [6.45, 7) is 5.76. The summed E-state index contributed by atoms with van der Waals surface area (Å²) in [7, 11) is 0. The third-order valence-corrected chi connectivity index (χ3v) is 3.58. The molecule has 0 spiro atoms. The Morgan fingerprint density at radius 3 is 2.18 bits per heavy atom. The predicted molar refractivity (Wildman–Crippen MR) is 87.2 cm³/mol. The summed E-state index contributed by atoms with van der Waals surface area (Å²) in [6.07, 6.45) is 0. The Kier molecular flexibility index (Phi) is 5.28. The number of benzene rings is 2. The average molecular weight is 300 g/mol. The van der Waals surface area contributed by atoms with Crippen molar-refractivity contribution in [3.05, 3.63) is 65.5 Å². The molecule has 2 rings (SSSR count). The molecule has 1 amide bonds. The maximum absolute atomic E-state index is 12.9. The van der Waals surface area contributed by atoms with Crippen molar-refractivity contribution in [3.8, 4) is 0 Å². The van der Waals surface area contributed by atoms with Gasteiger partial charge in [-0.2, -0.15) is 0 Å². The van der Waals surface area contributed by atoms with Gasteiger partial charge in [0.1, 0.15) is 5.82 Å². The first-order valence-electron chi connectivity index (χ1n) is 7.35. The van der Waals surface area contributed by atoms with Crippen molar-refractivity contribution in [1.82, 2.24) is 5.32 Å². The SMILES string of the molecule is Cc1ccc(NC(=O)[C@H](C)N[C@H](C)c2ccc(F)cc2)cc1. The van der Waals surface area contributed by atoms with Crippen molar-refractivity contribution in [2.45, 2.75) is 32.9 Å². The second-order valence-electron chi connectivity index (χ2n) is 5.52. The Labute approximate surface area is 130 Å². The lowest BCUT2D eigenvalue weighted by Crippen LogP contribution is -2.39. The molecule has 2 aromatic carbocycles. The van der Waals surface area contributed by atoms with E-state index in [1.165, 1.54) is 12.1 Å². The molecule has 116 valence electrons. The number of hydrogen-bond acceptors (Lipinski definition) is 2. The summed E-state index contributed by atoms with van der Waals surface area (Å²) in [6, 6.07) is 13.5. The van der Waals surface area contributed by atoms with Gasteiger partial charge in [0, 0.05) is 11.7 Å². The van der Waals surface area contributed by atoms with Crippen LogP contribution >= 0.6 is 0 Å². The molecule has 0 aliphatic heterocycles. The highest BCUT2D eigenvalue weighted by Crippen LogP contribution is 2.14. The molecule has 2 aromatic rings. The highest BCUT2D eigenvalue weighted by atomic mass is 19.1. The fourth-order valence-electron chi connectivity index (χ4n) is 2.19. The van der Waals surface area contributed by atoms with E-state index in [2.05, 4.69) is 10.6 Å². The second kappa shape index (κ2) is 7.18. The molecular weight excluding hydrogens is 279 g/mol. The van der Waals surface area contributed by atoms with Crippen LogP contribution in [0.15, 0.2) is 48.5 Å². The summed E-state index contributed by atoms with van der Waals surface area (Å²) >= 11 is 0. The molecule has 0 unspecified atom stereocenters. The van der Waals surface area contributed by atoms with Crippen LogP contribution in [-0.4, -0.2) is 11.9 Å². The van der Waals surface area contributed by atoms with Crippen LogP contribution in [-0.2, 0) is 4.79 Å². The van der Waals surface area contributed by atoms with E-state index in [0.717, 1.165) is 16.8 Å². The third kappa shape index (κ3) is 4.40. The molecule has 0 radical (unpaired) electrons. The first kappa shape index (κ1) is 16.2. The fraction of sp³-hybridized carbons (Fsp3) is 0.278. The van der Waals surface area contributed by atoms with E-state index in [1.807, 2.05) is 45.0 Å². The minimum atomic E-state index is -0.360. The molecule has 4 heteroatoms. The minimum absolute atomic E-state index is 0.0423. The zero-order chi connectivity index (χ0) is 16.1. The minimum Gasteiger partial charge on any atom is -0.325 e. The molecule has 3 nitrogen and oxygen atoms in total. The van der Waals surface area contributed by atoms with E-state index < -0.39 is 0 Å². The van der Waals surface area contributed by atoms with Gasteiger partial charge in [0.25, 0.3) is 0 Å². The molecule has 2 N–H and O–H groups in total. The molecule has 22 heavy (non-hydrogen) atoms. The van der Waals surface area contributed by atoms with Crippen molar-refractivity contribution in [1.29, 1.82) is 0 Å². The average Bonchev–Trinajstić information content (AvgIpc) is 2.50. The summed E-state index contributed by atoms with van der Waals surface area (Å²) in [5.74, 6) is -0.362. The van der Waals surface area contributed by atoms with Crippen LogP contribution in [0.1, 0.15) is 31.0 Å².